The van der Waals surface area contributed by atoms with Crippen molar-refractivity contribution in [1.82, 2.24) is 19.9 Å². The van der Waals surface area contributed by atoms with E-state index in [1.165, 1.54) is 22.6 Å². The first-order valence-corrected chi connectivity index (χ1v) is 9.83. The lowest BCUT2D eigenvalue weighted by molar-refractivity contribution is 0.168. The number of aromatic nitrogens is 3. The minimum atomic E-state index is -0.292. The summed E-state index contributed by atoms with van der Waals surface area (Å²) in [5.41, 5.74) is 8.00. The molecule has 8 heteroatoms. The largest absolute Gasteiger partial charge is 0.368 e. The number of benzene rings is 1. The zero-order valence-electron chi connectivity index (χ0n) is 15.0. The van der Waals surface area contributed by atoms with Crippen molar-refractivity contribution in [1.29, 1.82) is 0 Å². The Morgan fingerprint density at radius 1 is 1.22 bits per heavy atom. The fourth-order valence-electron chi connectivity index (χ4n) is 3.52. The Balaban J connectivity index is 1.54. The number of fused-ring (bicyclic) bond motifs is 1. The molecule has 0 spiro atoms. The van der Waals surface area contributed by atoms with Gasteiger partial charge in [-0.1, -0.05) is 6.92 Å². The van der Waals surface area contributed by atoms with E-state index in [1.54, 1.807) is 12.1 Å². The first-order valence-electron chi connectivity index (χ1n) is 8.95. The quantitative estimate of drug-likeness (QED) is 0.694. The predicted molar refractivity (Wildman–Crippen MR) is 105 cm³/mol. The number of hydrogen-bond acceptors (Lipinski definition) is 7. The van der Waals surface area contributed by atoms with Crippen molar-refractivity contribution in [3.63, 3.8) is 0 Å². The van der Waals surface area contributed by atoms with Gasteiger partial charge in [0.1, 0.15) is 11.6 Å². The van der Waals surface area contributed by atoms with E-state index in [4.69, 9.17) is 5.73 Å². The van der Waals surface area contributed by atoms with E-state index in [-0.39, 0.29) is 11.8 Å². The summed E-state index contributed by atoms with van der Waals surface area (Å²) in [6.07, 6.45) is 2.08. The lowest BCUT2D eigenvalue weighted by atomic mass is 9.98. The third kappa shape index (κ3) is 3.91. The van der Waals surface area contributed by atoms with E-state index in [9.17, 15) is 4.39 Å². The Hall–Kier alpha value is -2.58. The molecule has 4 rings (SSSR count). The van der Waals surface area contributed by atoms with Crippen molar-refractivity contribution in [3.8, 4) is 0 Å². The molecule has 0 saturated heterocycles. The first kappa shape index (κ1) is 17.8. The molecule has 1 aromatic carbocycles. The Morgan fingerprint density at radius 2 is 2.04 bits per heavy atom. The van der Waals surface area contributed by atoms with Crippen LogP contribution in [0.4, 0.5) is 22.0 Å². The van der Waals surface area contributed by atoms with Gasteiger partial charge in [-0.25, -0.2) is 4.39 Å². The van der Waals surface area contributed by atoms with Crippen LogP contribution in [-0.4, -0.2) is 26.4 Å². The molecule has 1 unspecified atom stereocenters. The molecule has 3 heterocycles. The van der Waals surface area contributed by atoms with E-state index in [1.807, 2.05) is 11.3 Å². The lowest BCUT2D eigenvalue weighted by Gasteiger charge is -2.34. The molecule has 1 aliphatic rings. The average molecular weight is 384 g/mol. The number of thiophene rings is 1. The van der Waals surface area contributed by atoms with Crippen LogP contribution in [0.15, 0.2) is 35.7 Å². The third-order valence-corrected chi connectivity index (χ3v) is 5.73. The normalized spacial score (nSPS) is 16.9. The molecule has 3 aromatic rings. The number of anilines is 3. The standard InChI is InChI=1S/C19H21FN6S/c1-2-15-14-8-10-27-16(14)7-9-26(15)11-17-23-18(21)25-19(24-17)22-13-5-3-12(20)4-6-13/h3-6,8,10,15H,2,7,9,11H2,1H3,(H3,21,22,23,24,25). The molecule has 0 amide bonds. The van der Waals surface area contributed by atoms with Crippen LogP contribution in [0, 0.1) is 5.82 Å². The van der Waals surface area contributed by atoms with Crippen LogP contribution in [0.1, 0.15) is 35.7 Å². The SMILES string of the molecule is CCC1c2ccsc2CCN1Cc1nc(N)nc(Nc2ccc(F)cc2)n1. The molecule has 0 aliphatic carbocycles. The molecule has 6 nitrogen and oxygen atoms in total. The summed E-state index contributed by atoms with van der Waals surface area (Å²) in [6, 6.07) is 8.61. The van der Waals surface area contributed by atoms with Crippen molar-refractivity contribution in [3.05, 3.63) is 57.8 Å². The van der Waals surface area contributed by atoms with E-state index in [0.29, 0.717) is 30.0 Å². The Morgan fingerprint density at radius 3 is 2.81 bits per heavy atom. The summed E-state index contributed by atoms with van der Waals surface area (Å²) >= 11 is 1.84. The fourth-order valence-corrected chi connectivity index (χ4v) is 4.45. The van der Waals surface area contributed by atoms with Gasteiger partial charge in [0.2, 0.25) is 11.9 Å². The van der Waals surface area contributed by atoms with Crippen LogP contribution in [0.3, 0.4) is 0 Å². The fraction of sp³-hybridized carbons (Fsp3) is 0.316. The van der Waals surface area contributed by atoms with Crippen molar-refractivity contribution in [2.45, 2.75) is 32.4 Å². The number of halogens is 1. The Labute approximate surface area is 161 Å². The van der Waals surface area contributed by atoms with Gasteiger partial charge in [-0.05, 0) is 54.1 Å². The van der Waals surface area contributed by atoms with Gasteiger partial charge in [0.25, 0.3) is 0 Å². The number of nitrogens with zero attached hydrogens (tertiary/aromatic N) is 4. The molecule has 3 N–H and O–H groups in total. The van der Waals surface area contributed by atoms with E-state index in [0.717, 1.165) is 19.4 Å². The second-order valence-corrected chi connectivity index (χ2v) is 7.51. The topological polar surface area (TPSA) is 80.0 Å². The van der Waals surface area contributed by atoms with Gasteiger partial charge in [-0.15, -0.1) is 11.3 Å². The maximum Gasteiger partial charge on any atom is 0.232 e. The Kier molecular flexibility index (Phi) is 5.00. The number of nitrogens with one attached hydrogen (secondary N) is 1. The maximum atomic E-state index is 13.1. The van der Waals surface area contributed by atoms with Gasteiger partial charge in [-0.3, -0.25) is 4.90 Å². The summed E-state index contributed by atoms with van der Waals surface area (Å²) in [6.45, 7) is 3.78. The van der Waals surface area contributed by atoms with Crippen LogP contribution in [0.25, 0.3) is 0 Å². The summed E-state index contributed by atoms with van der Waals surface area (Å²) in [7, 11) is 0. The minimum absolute atomic E-state index is 0.172. The second kappa shape index (κ2) is 7.58. The van der Waals surface area contributed by atoms with Crippen LogP contribution in [0.5, 0.6) is 0 Å². The van der Waals surface area contributed by atoms with E-state index in [2.05, 4.69) is 43.5 Å². The van der Waals surface area contributed by atoms with Crippen LogP contribution >= 0.6 is 11.3 Å². The van der Waals surface area contributed by atoms with Gasteiger partial charge >= 0.3 is 0 Å². The molecule has 1 aliphatic heterocycles. The summed E-state index contributed by atoms with van der Waals surface area (Å²) < 4.78 is 13.1. The first-order chi connectivity index (χ1) is 13.1. The molecule has 0 bridgehead atoms. The number of rotatable bonds is 5. The molecule has 0 fully saturated rings. The number of nitrogen functional groups attached to an aromatic ring is 1. The molecule has 140 valence electrons. The zero-order chi connectivity index (χ0) is 18.8. The van der Waals surface area contributed by atoms with Crippen LogP contribution in [0.2, 0.25) is 0 Å². The predicted octanol–water partition coefficient (Wildman–Crippen LogP) is 3.91. The summed E-state index contributed by atoms with van der Waals surface area (Å²) in [4.78, 5) is 16.8. The third-order valence-electron chi connectivity index (χ3n) is 4.74. The highest BCUT2D eigenvalue weighted by atomic mass is 32.1. The maximum absolute atomic E-state index is 13.1. The van der Waals surface area contributed by atoms with Gasteiger partial charge in [0.15, 0.2) is 0 Å². The molecule has 0 radical (unpaired) electrons. The molecule has 27 heavy (non-hydrogen) atoms. The van der Waals surface area contributed by atoms with Gasteiger partial charge in [0.05, 0.1) is 6.54 Å². The Bertz CT molecular complexity index is 926. The van der Waals surface area contributed by atoms with Gasteiger partial charge in [0, 0.05) is 23.2 Å². The van der Waals surface area contributed by atoms with Gasteiger partial charge in [-0.2, -0.15) is 15.0 Å². The van der Waals surface area contributed by atoms with E-state index < -0.39 is 0 Å². The lowest BCUT2D eigenvalue weighted by Crippen LogP contribution is -2.34. The number of nitrogens with two attached hydrogens (primary N) is 1. The van der Waals surface area contributed by atoms with Crippen LogP contribution in [-0.2, 0) is 13.0 Å². The van der Waals surface area contributed by atoms with Crippen molar-refractivity contribution >= 4 is 28.9 Å². The smallest absolute Gasteiger partial charge is 0.232 e. The monoisotopic (exact) mass is 384 g/mol. The zero-order valence-corrected chi connectivity index (χ0v) is 15.8. The highest BCUT2D eigenvalue weighted by Gasteiger charge is 2.27. The minimum Gasteiger partial charge on any atom is -0.368 e. The van der Waals surface area contributed by atoms with Gasteiger partial charge < -0.3 is 11.1 Å². The summed E-state index contributed by atoms with van der Waals surface area (Å²) in [5.74, 6) is 0.875. The van der Waals surface area contributed by atoms with E-state index >= 15 is 0 Å². The number of hydrogen-bond donors (Lipinski definition) is 2. The van der Waals surface area contributed by atoms with Crippen molar-refractivity contribution in [2.24, 2.45) is 0 Å². The molecular formula is C19H21FN6S. The molecular weight excluding hydrogens is 363 g/mol. The average Bonchev–Trinajstić information content (AvgIpc) is 3.12. The molecule has 2 aromatic heterocycles. The highest BCUT2D eigenvalue weighted by Crippen LogP contribution is 2.35. The second-order valence-electron chi connectivity index (χ2n) is 6.51. The highest BCUT2D eigenvalue weighted by molar-refractivity contribution is 7.10. The molecule has 1 atom stereocenters. The summed E-state index contributed by atoms with van der Waals surface area (Å²) in [5, 5.41) is 5.23. The van der Waals surface area contributed by atoms with Crippen molar-refractivity contribution in [2.75, 3.05) is 17.6 Å². The van der Waals surface area contributed by atoms with Crippen LogP contribution < -0.4 is 11.1 Å². The van der Waals surface area contributed by atoms with Crippen molar-refractivity contribution < 1.29 is 4.39 Å². The molecule has 0 saturated carbocycles.